The van der Waals surface area contributed by atoms with E-state index in [0.29, 0.717) is 22.9 Å². The summed E-state index contributed by atoms with van der Waals surface area (Å²) < 4.78 is 5.21. The minimum Gasteiger partial charge on any atom is -0.467 e. The minimum atomic E-state index is -0.890. The SMILES string of the molecule is COc1nccc(N(Cc2ccccc2)c2ccc(Cl)c(C(=O)NC(O)C3CCCCC3)c2)n1. The van der Waals surface area contributed by atoms with E-state index in [0.717, 1.165) is 36.9 Å². The van der Waals surface area contributed by atoms with E-state index in [9.17, 15) is 9.90 Å². The van der Waals surface area contributed by atoms with Gasteiger partial charge < -0.3 is 20.1 Å². The molecule has 1 saturated carbocycles. The molecule has 1 heterocycles. The van der Waals surface area contributed by atoms with Crippen molar-refractivity contribution in [3.63, 3.8) is 0 Å². The molecular formula is C26H29ClN4O3. The smallest absolute Gasteiger partial charge is 0.318 e. The van der Waals surface area contributed by atoms with Crippen LogP contribution in [0.3, 0.4) is 0 Å². The minimum absolute atomic E-state index is 0.0720. The monoisotopic (exact) mass is 480 g/mol. The van der Waals surface area contributed by atoms with Gasteiger partial charge >= 0.3 is 6.01 Å². The van der Waals surface area contributed by atoms with Gasteiger partial charge in [0, 0.05) is 24.3 Å². The molecule has 7 nitrogen and oxygen atoms in total. The number of aromatic nitrogens is 2. The number of hydrogen-bond donors (Lipinski definition) is 2. The van der Waals surface area contributed by atoms with E-state index in [1.165, 1.54) is 13.5 Å². The Morgan fingerprint density at radius 1 is 1.18 bits per heavy atom. The summed E-state index contributed by atoms with van der Waals surface area (Å²) in [4.78, 5) is 23.6. The van der Waals surface area contributed by atoms with Gasteiger partial charge in [-0.15, -0.1) is 0 Å². The number of nitrogens with zero attached hydrogens (tertiary/aromatic N) is 3. The number of halogens is 1. The second-order valence-electron chi connectivity index (χ2n) is 8.45. The highest BCUT2D eigenvalue weighted by atomic mass is 35.5. The second-order valence-corrected chi connectivity index (χ2v) is 8.86. The van der Waals surface area contributed by atoms with Crippen molar-refractivity contribution in [2.24, 2.45) is 5.92 Å². The lowest BCUT2D eigenvalue weighted by Crippen LogP contribution is -2.41. The maximum absolute atomic E-state index is 13.1. The number of carbonyl (C=O) groups excluding carboxylic acids is 1. The summed E-state index contributed by atoms with van der Waals surface area (Å²) >= 11 is 6.41. The standard InChI is InChI=1S/C26H29ClN4O3/c1-34-26-28-15-14-23(29-26)31(17-18-8-4-2-5-9-18)20-12-13-22(27)21(16-20)25(33)30-24(32)19-10-6-3-7-11-19/h2,4-5,8-9,12-16,19,24,32H,3,6-7,10-11,17H2,1H3,(H,30,33). The first-order valence-corrected chi connectivity index (χ1v) is 11.9. The number of aliphatic hydroxyl groups excluding tert-OH is 1. The van der Waals surface area contributed by atoms with Crippen molar-refractivity contribution in [1.29, 1.82) is 0 Å². The highest BCUT2D eigenvalue weighted by molar-refractivity contribution is 6.34. The molecule has 0 radical (unpaired) electrons. The fourth-order valence-electron chi connectivity index (χ4n) is 4.29. The van der Waals surface area contributed by atoms with Crippen LogP contribution in [0.5, 0.6) is 6.01 Å². The molecule has 2 N–H and O–H groups in total. The van der Waals surface area contributed by atoms with Crippen LogP contribution in [0.15, 0.2) is 60.8 Å². The second kappa shape index (κ2) is 11.3. The zero-order valence-corrected chi connectivity index (χ0v) is 19.9. The third kappa shape index (κ3) is 5.85. The summed E-state index contributed by atoms with van der Waals surface area (Å²) in [6, 6.07) is 17.2. The van der Waals surface area contributed by atoms with Crippen LogP contribution >= 0.6 is 11.6 Å². The third-order valence-electron chi connectivity index (χ3n) is 6.14. The average Bonchev–Trinajstić information content (AvgIpc) is 2.88. The summed E-state index contributed by atoms with van der Waals surface area (Å²) in [5, 5.41) is 13.7. The predicted molar refractivity (Wildman–Crippen MR) is 132 cm³/mol. The Labute approximate surface area is 204 Å². The van der Waals surface area contributed by atoms with Gasteiger partial charge in [-0.3, -0.25) is 4.79 Å². The van der Waals surface area contributed by atoms with E-state index >= 15 is 0 Å². The quantitative estimate of drug-likeness (QED) is 0.436. The lowest BCUT2D eigenvalue weighted by Gasteiger charge is -2.27. The fourth-order valence-corrected chi connectivity index (χ4v) is 4.49. The van der Waals surface area contributed by atoms with Crippen molar-refractivity contribution >= 4 is 29.0 Å². The molecule has 3 aromatic rings. The highest BCUT2D eigenvalue weighted by Gasteiger charge is 2.25. The number of methoxy groups -OCH3 is 1. The van der Waals surface area contributed by atoms with Crippen LogP contribution in [0.4, 0.5) is 11.5 Å². The van der Waals surface area contributed by atoms with Gasteiger partial charge in [0.15, 0.2) is 0 Å². The zero-order valence-electron chi connectivity index (χ0n) is 19.2. The number of carbonyl (C=O) groups is 1. The van der Waals surface area contributed by atoms with Crippen LogP contribution < -0.4 is 15.0 Å². The van der Waals surface area contributed by atoms with Crippen molar-refractivity contribution in [3.05, 3.63) is 76.9 Å². The molecule has 1 amide bonds. The van der Waals surface area contributed by atoms with Gasteiger partial charge in [0.25, 0.3) is 5.91 Å². The molecular weight excluding hydrogens is 452 g/mol. The Morgan fingerprint density at radius 3 is 2.68 bits per heavy atom. The molecule has 2 aromatic carbocycles. The van der Waals surface area contributed by atoms with E-state index in [2.05, 4.69) is 15.3 Å². The average molecular weight is 481 g/mol. The van der Waals surface area contributed by atoms with E-state index in [-0.39, 0.29) is 11.9 Å². The first kappa shape index (κ1) is 24.0. The summed E-state index contributed by atoms with van der Waals surface area (Å²) in [5.41, 5.74) is 2.09. The van der Waals surface area contributed by atoms with Crippen LogP contribution in [0.1, 0.15) is 48.0 Å². The van der Waals surface area contributed by atoms with Gasteiger partial charge in [-0.25, -0.2) is 4.98 Å². The van der Waals surface area contributed by atoms with Crippen molar-refractivity contribution in [2.45, 2.75) is 44.9 Å². The molecule has 0 bridgehead atoms. The number of aliphatic hydroxyl groups is 1. The topological polar surface area (TPSA) is 87.6 Å². The lowest BCUT2D eigenvalue weighted by atomic mass is 9.88. The maximum Gasteiger partial charge on any atom is 0.318 e. The Bertz CT molecular complexity index is 1110. The highest BCUT2D eigenvalue weighted by Crippen LogP contribution is 2.31. The summed E-state index contributed by atoms with van der Waals surface area (Å²) in [6.45, 7) is 0.508. The zero-order chi connectivity index (χ0) is 23.9. The summed E-state index contributed by atoms with van der Waals surface area (Å²) in [5.74, 6) is 0.291. The number of nitrogens with one attached hydrogen (secondary N) is 1. The van der Waals surface area contributed by atoms with E-state index in [4.69, 9.17) is 16.3 Å². The Kier molecular flexibility index (Phi) is 7.98. The van der Waals surface area contributed by atoms with Gasteiger partial charge in [0.1, 0.15) is 12.0 Å². The Hall–Kier alpha value is -3.16. The first-order chi connectivity index (χ1) is 16.5. The third-order valence-corrected chi connectivity index (χ3v) is 6.47. The normalized spacial score (nSPS) is 14.9. The number of benzene rings is 2. The van der Waals surface area contributed by atoms with E-state index in [1.54, 1.807) is 24.4 Å². The molecule has 1 aliphatic rings. The van der Waals surface area contributed by atoms with Gasteiger partial charge in [0.2, 0.25) is 0 Å². The molecule has 1 unspecified atom stereocenters. The summed E-state index contributed by atoms with van der Waals surface area (Å²) in [7, 11) is 1.52. The fraction of sp³-hybridized carbons (Fsp3) is 0.346. The first-order valence-electron chi connectivity index (χ1n) is 11.5. The van der Waals surface area contributed by atoms with Gasteiger partial charge in [0.05, 0.1) is 17.7 Å². The maximum atomic E-state index is 13.1. The molecule has 34 heavy (non-hydrogen) atoms. The molecule has 1 aromatic heterocycles. The van der Waals surface area contributed by atoms with Crippen molar-refractivity contribution in [2.75, 3.05) is 12.0 Å². The number of anilines is 2. The van der Waals surface area contributed by atoms with Crippen LogP contribution in [0, 0.1) is 5.92 Å². The molecule has 4 rings (SSSR count). The van der Waals surface area contributed by atoms with Crippen LogP contribution in [-0.4, -0.2) is 34.3 Å². The number of ether oxygens (including phenoxy) is 1. The molecule has 1 aliphatic carbocycles. The molecule has 8 heteroatoms. The molecule has 0 spiro atoms. The number of amides is 1. The van der Waals surface area contributed by atoms with Crippen molar-refractivity contribution < 1.29 is 14.6 Å². The van der Waals surface area contributed by atoms with Gasteiger partial charge in [-0.1, -0.05) is 61.2 Å². The van der Waals surface area contributed by atoms with E-state index < -0.39 is 12.1 Å². The van der Waals surface area contributed by atoms with Crippen molar-refractivity contribution in [1.82, 2.24) is 15.3 Å². The number of hydrogen-bond acceptors (Lipinski definition) is 6. The number of rotatable bonds is 8. The van der Waals surface area contributed by atoms with Crippen LogP contribution in [0.25, 0.3) is 0 Å². The van der Waals surface area contributed by atoms with Gasteiger partial charge in [-0.2, -0.15) is 4.98 Å². The Morgan fingerprint density at radius 2 is 1.94 bits per heavy atom. The van der Waals surface area contributed by atoms with Crippen molar-refractivity contribution in [3.8, 4) is 6.01 Å². The molecule has 178 valence electrons. The molecule has 1 atom stereocenters. The largest absolute Gasteiger partial charge is 0.467 e. The Balaban J connectivity index is 1.63. The van der Waals surface area contributed by atoms with Gasteiger partial charge in [-0.05, 0) is 42.7 Å². The van der Waals surface area contributed by atoms with Crippen LogP contribution in [0.2, 0.25) is 5.02 Å². The molecule has 0 saturated heterocycles. The van der Waals surface area contributed by atoms with Crippen LogP contribution in [-0.2, 0) is 6.54 Å². The molecule has 0 aliphatic heterocycles. The van der Waals surface area contributed by atoms with E-state index in [1.807, 2.05) is 41.3 Å². The summed E-state index contributed by atoms with van der Waals surface area (Å²) in [6.07, 6.45) is 5.89. The predicted octanol–water partition coefficient (Wildman–Crippen LogP) is 5.11. The molecule has 1 fully saturated rings. The lowest BCUT2D eigenvalue weighted by molar-refractivity contribution is 0.0463.